The lowest BCUT2D eigenvalue weighted by Crippen LogP contribution is -1.94. The summed E-state index contributed by atoms with van der Waals surface area (Å²) in [7, 11) is 0. The molecule has 0 saturated carbocycles. The highest BCUT2D eigenvalue weighted by molar-refractivity contribution is 6.24. The minimum absolute atomic E-state index is 0.915. The van der Waals surface area contributed by atoms with Crippen molar-refractivity contribution < 1.29 is 0 Å². The van der Waals surface area contributed by atoms with Crippen LogP contribution in [0.15, 0.2) is 182 Å². The van der Waals surface area contributed by atoms with Gasteiger partial charge >= 0.3 is 0 Å². The summed E-state index contributed by atoms with van der Waals surface area (Å²) in [5.41, 5.74) is 10.9. The molecule has 0 aliphatic carbocycles. The fourth-order valence-electron chi connectivity index (χ4n) is 8.37. The molecule has 2 heteroatoms. The molecule has 0 saturated heterocycles. The van der Waals surface area contributed by atoms with Crippen LogP contribution in [0.2, 0.25) is 0 Å². The van der Waals surface area contributed by atoms with Crippen molar-refractivity contribution >= 4 is 64.9 Å². The van der Waals surface area contributed by atoms with Crippen LogP contribution in [-0.4, -0.2) is 9.97 Å². The summed E-state index contributed by atoms with van der Waals surface area (Å²) in [5.74, 6) is 0. The van der Waals surface area contributed by atoms with E-state index in [1.165, 1.54) is 65.3 Å². The third-order valence-corrected chi connectivity index (χ3v) is 10.9. The van der Waals surface area contributed by atoms with Crippen molar-refractivity contribution in [2.75, 3.05) is 0 Å². The van der Waals surface area contributed by atoms with E-state index in [4.69, 9.17) is 9.97 Å². The molecule has 2 nitrogen and oxygen atoms in total. The Morgan fingerprint density at radius 3 is 1.94 bits per heavy atom. The summed E-state index contributed by atoms with van der Waals surface area (Å²) in [6.07, 6.45) is 1.85. The molecule has 2 aromatic heterocycles. The number of fused-ring (bicyclic) bond motifs is 7. The van der Waals surface area contributed by atoms with Crippen molar-refractivity contribution in [1.29, 1.82) is 0 Å². The van der Waals surface area contributed by atoms with Gasteiger partial charge in [0.25, 0.3) is 0 Å². The van der Waals surface area contributed by atoms with Crippen molar-refractivity contribution in [2.45, 2.75) is 0 Å². The number of rotatable bonds is 4. The smallest absolute Gasteiger partial charge is 0.0972 e. The summed E-state index contributed by atoms with van der Waals surface area (Å²) in [6, 6.07) is 69.7. The predicted molar refractivity (Wildman–Crippen MR) is 226 cm³/mol. The molecule has 0 amide bonds. The Balaban J connectivity index is 1.27. The van der Waals surface area contributed by atoms with Gasteiger partial charge in [0, 0.05) is 22.5 Å². The summed E-state index contributed by atoms with van der Waals surface area (Å²) in [6.45, 7) is 0. The van der Waals surface area contributed by atoms with E-state index in [1.807, 2.05) is 24.4 Å². The van der Waals surface area contributed by atoms with Crippen molar-refractivity contribution in [2.24, 2.45) is 0 Å². The van der Waals surface area contributed by atoms with Crippen LogP contribution in [0.25, 0.3) is 110 Å². The van der Waals surface area contributed by atoms with Gasteiger partial charge in [-0.15, -0.1) is 0 Å². The minimum Gasteiger partial charge on any atom is -0.254 e. The molecule has 248 valence electrons. The van der Waals surface area contributed by atoms with Gasteiger partial charge in [0.2, 0.25) is 0 Å². The van der Waals surface area contributed by atoms with Gasteiger partial charge in [-0.25, -0.2) is 4.98 Å². The molecule has 0 bridgehead atoms. The highest BCUT2D eigenvalue weighted by Crippen LogP contribution is 2.47. The highest BCUT2D eigenvalue weighted by Gasteiger charge is 2.20. The predicted octanol–water partition coefficient (Wildman–Crippen LogP) is 13.7. The van der Waals surface area contributed by atoms with Crippen molar-refractivity contribution in [3.63, 3.8) is 0 Å². The number of benzene rings is 8. The maximum absolute atomic E-state index is 5.28. The lowest BCUT2D eigenvalue weighted by atomic mass is 9.83. The monoisotopic (exact) mass is 682 g/mol. The molecule has 0 aliphatic rings. The first-order valence-electron chi connectivity index (χ1n) is 18.3. The standard InChI is InChI=1S/C52H30N2/c1-2-10-33(11-3-1)39-23-26-44-47(31-39)50(43-18-8-15-35-13-6-7-17-42(35)43)45-27-24-40(32-46(45)49(44)41-22-19-34-12-4-5-14-38(34)30-41)48-28-25-37-21-20-36-16-9-29-53-51(36)52(37)54-48/h2,4-32H. The largest absolute Gasteiger partial charge is 0.254 e. The quantitative estimate of drug-likeness (QED) is 0.136. The lowest BCUT2D eigenvalue weighted by Gasteiger charge is -2.20. The molecule has 0 atom stereocenters. The molecule has 2 heterocycles. The summed E-state index contributed by atoms with van der Waals surface area (Å²) in [4.78, 5) is 10.0. The number of pyridine rings is 2. The van der Waals surface area contributed by atoms with Gasteiger partial charge in [0.15, 0.2) is 0 Å². The van der Waals surface area contributed by atoms with Crippen molar-refractivity contribution in [3.8, 4) is 44.6 Å². The fourth-order valence-corrected chi connectivity index (χ4v) is 8.37. The Hall–Kier alpha value is -7.34. The topological polar surface area (TPSA) is 25.8 Å². The van der Waals surface area contributed by atoms with Gasteiger partial charge in [-0.3, -0.25) is 4.98 Å². The second-order valence-electron chi connectivity index (χ2n) is 14.0. The molecule has 9 aromatic carbocycles. The van der Waals surface area contributed by atoms with E-state index in [9.17, 15) is 0 Å². The van der Waals surface area contributed by atoms with E-state index < -0.39 is 0 Å². The van der Waals surface area contributed by atoms with Crippen LogP contribution in [0, 0.1) is 12.1 Å². The Kier molecular flexibility index (Phi) is 6.80. The average molecular weight is 683 g/mol. The highest BCUT2D eigenvalue weighted by atomic mass is 14.7. The Morgan fingerprint density at radius 1 is 0.370 bits per heavy atom. The molecule has 0 fully saturated rings. The average Bonchev–Trinajstić information content (AvgIpc) is 3.25. The van der Waals surface area contributed by atoms with Crippen LogP contribution in [0.5, 0.6) is 0 Å². The van der Waals surface area contributed by atoms with E-state index in [1.54, 1.807) is 0 Å². The Morgan fingerprint density at radius 2 is 1.06 bits per heavy atom. The molecule has 54 heavy (non-hydrogen) atoms. The SMILES string of the molecule is c1ccc(-c2ccc3c(-c4ccc5ccccc5c4)c4cc(-c5ccc6ccc7cccnc7c6n5)ccc4c(-c4cccc5ccccc45)c3c2)cc#1. The number of nitrogens with zero attached hydrogens (tertiary/aromatic N) is 2. The van der Waals surface area contributed by atoms with Gasteiger partial charge in [-0.2, -0.15) is 0 Å². The molecule has 0 unspecified atom stereocenters. The number of hydrogen-bond acceptors (Lipinski definition) is 2. The van der Waals surface area contributed by atoms with Crippen molar-refractivity contribution in [1.82, 2.24) is 9.97 Å². The molecule has 0 aliphatic heterocycles. The molecule has 0 N–H and O–H groups in total. The first kappa shape index (κ1) is 30.3. The Labute approximate surface area is 312 Å². The first-order valence-corrected chi connectivity index (χ1v) is 18.3. The van der Waals surface area contributed by atoms with Crippen LogP contribution >= 0.6 is 0 Å². The molecule has 11 aromatic rings. The molecular weight excluding hydrogens is 653 g/mol. The molecule has 11 rings (SSSR count). The van der Waals surface area contributed by atoms with Crippen LogP contribution in [0.3, 0.4) is 0 Å². The van der Waals surface area contributed by atoms with E-state index in [0.717, 1.165) is 44.2 Å². The van der Waals surface area contributed by atoms with Gasteiger partial charge < -0.3 is 0 Å². The van der Waals surface area contributed by atoms with Crippen LogP contribution in [-0.2, 0) is 0 Å². The second kappa shape index (κ2) is 12.1. The summed E-state index contributed by atoms with van der Waals surface area (Å²) < 4.78 is 0. The van der Waals surface area contributed by atoms with Crippen LogP contribution in [0.1, 0.15) is 0 Å². The van der Waals surface area contributed by atoms with Crippen LogP contribution < -0.4 is 0 Å². The molecule has 0 spiro atoms. The van der Waals surface area contributed by atoms with E-state index in [0.29, 0.717) is 0 Å². The maximum atomic E-state index is 5.28. The van der Waals surface area contributed by atoms with Gasteiger partial charge in [-0.05, 0) is 125 Å². The third kappa shape index (κ3) is 4.84. The van der Waals surface area contributed by atoms with Gasteiger partial charge in [0.1, 0.15) is 0 Å². The van der Waals surface area contributed by atoms with Gasteiger partial charge in [-0.1, -0.05) is 140 Å². The van der Waals surface area contributed by atoms with Gasteiger partial charge in [0.05, 0.1) is 16.7 Å². The number of hydrogen-bond donors (Lipinski definition) is 0. The van der Waals surface area contributed by atoms with E-state index >= 15 is 0 Å². The zero-order chi connectivity index (χ0) is 35.6. The van der Waals surface area contributed by atoms with Crippen molar-refractivity contribution in [3.05, 3.63) is 194 Å². The number of aromatic nitrogens is 2. The fraction of sp³-hybridized carbons (Fsp3) is 0. The minimum atomic E-state index is 0.915. The summed E-state index contributed by atoms with van der Waals surface area (Å²) >= 11 is 0. The molecular formula is C52H30N2. The summed E-state index contributed by atoms with van der Waals surface area (Å²) in [5, 5.41) is 11.9. The third-order valence-electron chi connectivity index (χ3n) is 10.9. The second-order valence-corrected chi connectivity index (χ2v) is 14.0. The Bertz CT molecular complexity index is 3270. The lowest BCUT2D eigenvalue weighted by molar-refractivity contribution is 1.37. The normalized spacial score (nSPS) is 11.6. The maximum Gasteiger partial charge on any atom is 0.0972 e. The van der Waals surface area contributed by atoms with E-state index in [2.05, 4.69) is 170 Å². The van der Waals surface area contributed by atoms with E-state index in [-0.39, 0.29) is 0 Å². The zero-order valence-corrected chi connectivity index (χ0v) is 29.2. The first-order chi connectivity index (χ1) is 26.8. The van der Waals surface area contributed by atoms with Crippen LogP contribution in [0.4, 0.5) is 0 Å². The zero-order valence-electron chi connectivity index (χ0n) is 29.2. The molecule has 0 radical (unpaired) electrons.